The van der Waals surface area contributed by atoms with Crippen LogP contribution in [0.5, 0.6) is 0 Å². The number of hydrogen-bond donors (Lipinski definition) is 2. The smallest absolute Gasteiger partial charge is 0.123 e. The Balaban J connectivity index is 2.87. The van der Waals surface area contributed by atoms with Crippen LogP contribution in [0.1, 0.15) is 23.7 Å². The van der Waals surface area contributed by atoms with Crippen molar-refractivity contribution < 1.29 is 14.6 Å². The Hall–Kier alpha value is -0.930. The highest BCUT2D eigenvalue weighted by molar-refractivity contribution is 5.25. The van der Waals surface area contributed by atoms with Crippen molar-refractivity contribution in [2.75, 3.05) is 6.61 Å². The molecule has 0 aliphatic rings. The van der Waals surface area contributed by atoms with E-state index >= 15 is 0 Å². The lowest BCUT2D eigenvalue weighted by Crippen LogP contribution is -2.01. The van der Waals surface area contributed by atoms with E-state index in [1.165, 1.54) is 12.1 Å². The second kappa shape index (κ2) is 4.35. The molecule has 0 amide bonds. The maximum Gasteiger partial charge on any atom is 0.123 e. The van der Waals surface area contributed by atoms with Crippen LogP contribution in [0.3, 0.4) is 0 Å². The third-order valence-electron chi connectivity index (χ3n) is 1.85. The second-order valence-electron chi connectivity index (χ2n) is 3.09. The van der Waals surface area contributed by atoms with Gasteiger partial charge in [-0.15, -0.1) is 0 Å². The largest absolute Gasteiger partial charge is 0.396 e. The minimum Gasteiger partial charge on any atom is -0.396 e. The van der Waals surface area contributed by atoms with Crippen LogP contribution in [0, 0.1) is 12.7 Å². The second-order valence-corrected chi connectivity index (χ2v) is 3.09. The van der Waals surface area contributed by atoms with Crippen LogP contribution in [0.15, 0.2) is 18.2 Å². The first-order chi connectivity index (χ1) is 6.13. The van der Waals surface area contributed by atoms with Crippen molar-refractivity contribution in [2.24, 2.45) is 0 Å². The third kappa shape index (κ3) is 2.79. The molecule has 1 aromatic rings. The molecule has 0 spiro atoms. The summed E-state index contributed by atoms with van der Waals surface area (Å²) >= 11 is 0. The van der Waals surface area contributed by atoms with Crippen molar-refractivity contribution in [3.8, 4) is 0 Å². The van der Waals surface area contributed by atoms with Gasteiger partial charge in [0, 0.05) is 13.0 Å². The molecule has 0 fully saturated rings. The van der Waals surface area contributed by atoms with Gasteiger partial charge < -0.3 is 10.2 Å². The van der Waals surface area contributed by atoms with Gasteiger partial charge in [0.2, 0.25) is 0 Å². The lowest BCUT2D eigenvalue weighted by molar-refractivity contribution is 0.134. The lowest BCUT2D eigenvalue weighted by Gasteiger charge is -2.09. The Morgan fingerprint density at radius 3 is 2.62 bits per heavy atom. The van der Waals surface area contributed by atoms with Crippen molar-refractivity contribution in [3.63, 3.8) is 0 Å². The molecule has 0 unspecified atom stereocenters. The zero-order valence-corrected chi connectivity index (χ0v) is 7.50. The molecule has 0 saturated heterocycles. The standard InChI is InChI=1S/C10H13FO2/c1-7-4-8(6-9(11)5-7)10(13)2-3-12/h4-6,10,12-13H,2-3H2,1H3/t10-/m0/s1. The Kier molecular flexibility index (Phi) is 3.39. The molecule has 0 bridgehead atoms. The quantitative estimate of drug-likeness (QED) is 0.748. The maximum absolute atomic E-state index is 12.9. The molecule has 2 N–H and O–H groups in total. The average molecular weight is 184 g/mol. The summed E-state index contributed by atoms with van der Waals surface area (Å²) < 4.78 is 12.9. The molecule has 0 saturated carbocycles. The molecule has 0 aromatic heterocycles. The summed E-state index contributed by atoms with van der Waals surface area (Å²) in [5, 5.41) is 18.0. The molecule has 0 aliphatic carbocycles. The van der Waals surface area contributed by atoms with Crippen molar-refractivity contribution in [2.45, 2.75) is 19.4 Å². The number of aryl methyl sites for hydroxylation is 1. The topological polar surface area (TPSA) is 40.5 Å². The highest BCUT2D eigenvalue weighted by Gasteiger charge is 2.08. The number of aliphatic hydroxyl groups is 2. The third-order valence-corrected chi connectivity index (χ3v) is 1.85. The fourth-order valence-corrected chi connectivity index (χ4v) is 1.25. The molecule has 1 rings (SSSR count). The summed E-state index contributed by atoms with van der Waals surface area (Å²) in [6.45, 7) is 1.66. The van der Waals surface area contributed by atoms with E-state index in [4.69, 9.17) is 5.11 Å². The zero-order chi connectivity index (χ0) is 9.84. The first-order valence-electron chi connectivity index (χ1n) is 4.19. The van der Waals surface area contributed by atoms with Crippen LogP contribution in [-0.4, -0.2) is 16.8 Å². The predicted molar refractivity (Wildman–Crippen MR) is 47.8 cm³/mol. The SMILES string of the molecule is Cc1cc(F)cc([C@@H](O)CCO)c1. The molecule has 72 valence electrons. The molecule has 1 aromatic carbocycles. The van der Waals surface area contributed by atoms with E-state index in [0.29, 0.717) is 5.56 Å². The van der Waals surface area contributed by atoms with Gasteiger partial charge >= 0.3 is 0 Å². The van der Waals surface area contributed by atoms with Gasteiger partial charge in [0.15, 0.2) is 0 Å². The molecule has 1 atom stereocenters. The van der Waals surface area contributed by atoms with Crippen LogP contribution in [0.25, 0.3) is 0 Å². The summed E-state index contributed by atoms with van der Waals surface area (Å²) in [6.07, 6.45) is -0.539. The molecule has 2 nitrogen and oxygen atoms in total. The van der Waals surface area contributed by atoms with E-state index in [1.807, 2.05) is 0 Å². The Morgan fingerprint density at radius 1 is 1.38 bits per heavy atom. The minimum absolute atomic E-state index is 0.100. The summed E-state index contributed by atoms with van der Waals surface area (Å²) in [4.78, 5) is 0. The number of rotatable bonds is 3. The fraction of sp³-hybridized carbons (Fsp3) is 0.400. The van der Waals surface area contributed by atoms with Crippen LogP contribution in [0.4, 0.5) is 4.39 Å². The van der Waals surface area contributed by atoms with E-state index in [9.17, 15) is 9.50 Å². The molecule has 0 heterocycles. The van der Waals surface area contributed by atoms with Crippen molar-refractivity contribution >= 4 is 0 Å². The van der Waals surface area contributed by atoms with Crippen molar-refractivity contribution in [1.82, 2.24) is 0 Å². The van der Waals surface area contributed by atoms with Gasteiger partial charge in [0.25, 0.3) is 0 Å². The summed E-state index contributed by atoms with van der Waals surface area (Å²) in [5.41, 5.74) is 1.29. The van der Waals surface area contributed by atoms with Crippen molar-refractivity contribution in [1.29, 1.82) is 0 Å². The fourth-order valence-electron chi connectivity index (χ4n) is 1.25. The predicted octanol–water partition coefficient (Wildman–Crippen LogP) is 1.55. The van der Waals surface area contributed by atoms with Gasteiger partial charge in [-0.2, -0.15) is 0 Å². The monoisotopic (exact) mass is 184 g/mol. The van der Waals surface area contributed by atoms with E-state index in [-0.39, 0.29) is 18.8 Å². The van der Waals surface area contributed by atoms with Gasteiger partial charge in [0.05, 0.1) is 6.10 Å². The first-order valence-corrected chi connectivity index (χ1v) is 4.19. The maximum atomic E-state index is 12.9. The van der Waals surface area contributed by atoms with E-state index in [0.717, 1.165) is 5.56 Å². The van der Waals surface area contributed by atoms with Gasteiger partial charge in [-0.3, -0.25) is 0 Å². The summed E-state index contributed by atoms with van der Waals surface area (Å²) in [6, 6.07) is 4.39. The Bertz CT molecular complexity index is 266. The highest BCUT2D eigenvalue weighted by atomic mass is 19.1. The van der Waals surface area contributed by atoms with Crippen LogP contribution >= 0.6 is 0 Å². The average Bonchev–Trinajstić information content (AvgIpc) is 2.03. The van der Waals surface area contributed by atoms with Gasteiger partial charge in [-0.25, -0.2) is 4.39 Å². The van der Waals surface area contributed by atoms with Crippen LogP contribution in [-0.2, 0) is 0 Å². The van der Waals surface area contributed by atoms with Gasteiger partial charge in [0.1, 0.15) is 5.82 Å². The lowest BCUT2D eigenvalue weighted by atomic mass is 10.0. The van der Waals surface area contributed by atoms with E-state index < -0.39 is 6.10 Å². The number of hydrogen-bond acceptors (Lipinski definition) is 2. The molecule has 0 aliphatic heterocycles. The zero-order valence-electron chi connectivity index (χ0n) is 7.50. The normalized spacial score (nSPS) is 12.9. The number of benzene rings is 1. The Morgan fingerprint density at radius 2 is 2.08 bits per heavy atom. The summed E-state index contributed by atoms with van der Waals surface area (Å²) in [5.74, 6) is -0.355. The number of halogens is 1. The number of aliphatic hydroxyl groups excluding tert-OH is 2. The van der Waals surface area contributed by atoms with E-state index in [2.05, 4.69) is 0 Å². The van der Waals surface area contributed by atoms with Crippen LogP contribution < -0.4 is 0 Å². The molecule has 13 heavy (non-hydrogen) atoms. The Labute approximate surface area is 76.6 Å². The minimum atomic E-state index is -0.778. The van der Waals surface area contributed by atoms with Gasteiger partial charge in [-0.05, 0) is 30.2 Å². The summed E-state index contributed by atoms with van der Waals surface area (Å²) in [7, 11) is 0. The highest BCUT2D eigenvalue weighted by Crippen LogP contribution is 2.18. The molecular weight excluding hydrogens is 171 g/mol. The molecular formula is C10H13FO2. The molecule has 0 radical (unpaired) electrons. The van der Waals surface area contributed by atoms with Gasteiger partial charge in [-0.1, -0.05) is 6.07 Å². The van der Waals surface area contributed by atoms with Crippen LogP contribution in [0.2, 0.25) is 0 Å². The first kappa shape index (κ1) is 10.2. The molecule has 3 heteroatoms. The van der Waals surface area contributed by atoms with E-state index in [1.54, 1.807) is 13.0 Å². The van der Waals surface area contributed by atoms with Crippen molar-refractivity contribution in [3.05, 3.63) is 35.1 Å².